The number of methoxy groups -OCH3 is 1. The van der Waals surface area contributed by atoms with E-state index < -0.39 is 0 Å². The van der Waals surface area contributed by atoms with Crippen molar-refractivity contribution >= 4 is 31.0 Å². The Morgan fingerprint density at radius 2 is 2.18 bits per heavy atom. The minimum absolute atomic E-state index is 0.234. The molecule has 0 radical (unpaired) electrons. The number of anilines is 1. The quantitative estimate of drug-likeness (QED) is 0.385. The fourth-order valence-corrected chi connectivity index (χ4v) is 4.90. The summed E-state index contributed by atoms with van der Waals surface area (Å²) in [7, 11) is 6.15. The molecular formula is C19H29N6OPS. The van der Waals surface area contributed by atoms with Crippen LogP contribution in [0.4, 0.5) is 5.13 Å². The van der Waals surface area contributed by atoms with Gasteiger partial charge in [0.15, 0.2) is 5.01 Å². The minimum Gasteiger partial charge on any atom is -0.496 e. The lowest BCUT2D eigenvalue weighted by Crippen LogP contribution is -2.60. The highest BCUT2D eigenvalue weighted by atomic mass is 32.1. The number of ether oxygens (including phenoxy) is 1. The van der Waals surface area contributed by atoms with E-state index in [1.165, 1.54) is 5.01 Å². The molecule has 2 aromatic rings. The van der Waals surface area contributed by atoms with Crippen LogP contribution in [0.1, 0.15) is 25.3 Å². The molecule has 1 aliphatic heterocycles. The Labute approximate surface area is 172 Å². The molecule has 0 saturated carbocycles. The van der Waals surface area contributed by atoms with E-state index in [2.05, 4.69) is 31.3 Å². The molecular weight excluding hydrogens is 391 g/mol. The Morgan fingerprint density at radius 3 is 2.79 bits per heavy atom. The number of hydrogen-bond acceptors (Lipinski definition) is 8. The molecule has 1 fully saturated rings. The van der Waals surface area contributed by atoms with Gasteiger partial charge in [-0.05, 0) is 29.4 Å². The van der Waals surface area contributed by atoms with Gasteiger partial charge in [-0.3, -0.25) is 0 Å². The van der Waals surface area contributed by atoms with Crippen molar-refractivity contribution in [2.75, 3.05) is 38.7 Å². The van der Waals surface area contributed by atoms with Crippen molar-refractivity contribution in [1.29, 1.82) is 0 Å². The fraction of sp³-hybridized carbons (Fsp3) is 0.474. The van der Waals surface area contributed by atoms with Crippen molar-refractivity contribution in [3.63, 3.8) is 0 Å². The number of hydrazine groups is 1. The van der Waals surface area contributed by atoms with Crippen LogP contribution in [0, 0.1) is 5.41 Å². The third-order valence-electron chi connectivity index (χ3n) is 5.06. The lowest BCUT2D eigenvalue weighted by atomic mass is 9.76. The van der Waals surface area contributed by atoms with Crippen LogP contribution < -0.4 is 21.2 Å². The van der Waals surface area contributed by atoms with Gasteiger partial charge in [-0.2, -0.15) is 0 Å². The summed E-state index contributed by atoms with van der Waals surface area (Å²) >= 11 is 1.59. The van der Waals surface area contributed by atoms with Crippen molar-refractivity contribution in [2.45, 2.75) is 19.8 Å². The van der Waals surface area contributed by atoms with Crippen LogP contribution >= 0.6 is 20.6 Å². The van der Waals surface area contributed by atoms with E-state index >= 15 is 0 Å². The average Bonchev–Trinajstić information content (AvgIpc) is 3.12. The van der Waals surface area contributed by atoms with Crippen LogP contribution in [-0.4, -0.2) is 49.0 Å². The van der Waals surface area contributed by atoms with Gasteiger partial charge >= 0.3 is 0 Å². The molecule has 7 nitrogen and oxygen atoms in total. The second-order valence-corrected chi connectivity index (χ2v) is 8.94. The van der Waals surface area contributed by atoms with E-state index in [9.17, 15) is 0 Å². The van der Waals surface area contributed by atoms with Gasteiger partial charge in [0.2, 0.25) is 5.13 Å². The zero-order valence-electron chi connectivity index (χ0n) is 16.7. The Morgan fingerprint density at radius 1 is 1.43 bits per heavy atom. The van der Waals surface area contributed by atoms with Crippen LogP contribution in [0.5, 0.6) is 5.75 Å². The molecule has 1 aliphatic rings. The molecule has 3 rings (SSSR count). The molecule has 1 aromatic carbocycles. The second-order valence-electron chi connectivity index (χ2n) is 7.36. The van der Waals surface area contributed by atoms with E-state index in [1.807, 2.05) is 24.4 Å². The number of nitrogens with two attached hydrogens (primary N) is 2. The predicted molar refractivity (Wildman–Crippen MR) is 120 cm³/mol. The highest BCUT2D eigenvalue weighted by Gasteiger charge is 2.42. The number of aromatic nitrogens is 2. The maximum Gasteiger partial charge on any atom is 0.208 e. The van der Waals surface area contributed by atoms with E-state index in [1.54, 1.807) is 25.5 Å². The zero-order valence-corrected chi connectivity index (χ0v) is 18.7. The Hall–Kier alpha value is -1.73. The first-order valence-electron chi connectivity index (χ1n) is 9.33. The summed E-state index contributed by atoms with van der Waals surface area (Å²) < 4.78 is 5.62. The highest BCUT2D eigenvalue weighted by Crippen LogP contribution is 2.42. The molecule has 1 saturated heterocycles. The number of hydrogen-bond donors (Lipinski definition) is 2. The largest absolute Gasteiger partial charge is 0.496 e. The van der Waals surface area contributed by atoms with E-state index in [4.69, 9.17) is 16.3 Å². The van der Waals surface area contributed by atoms with Gasteiger partial charge in [-0.25, -0.2) is 5.84 Å². The summed E-state index contributed by atoms with van der Waals surface area (Å²) in [6.45, 7) is 4.84. The maximum absolute atomic E-state index is 6.01. The molecule has 28 heavy (non-hydrogen) atoms. The molecule has 1 unspecified atom stereocenters. The van der Waals surface area contributed by atoms with Gasteiger partial charge in [0.05, 0.1) is 12.7 Å². The molecule has 0 aliphatic carbocycles. The van der Waals surface area contributed by atoms with Crippen molar-refractivity contribution in [3.05, 3.63) is 30.0 Å². The Kier molecular flexibility index (Phi) is 6.55. The van der Waals surface area contributed by atoms with Gasteiger partial charge in [-0.1, -0.05) is 30.7 Å². The molecule has 0 spiro atoms. The van der Waals surface area contributed by atoms with Crippen LogP contribution in [-0.2, 0) is 0 Å². The maximum atomic E-state index is 6.01. The summed E-state index contributed by atoms with van der Waals surface area (Å²) in [5.74, 6) is 6.47. The van der Waals surface area contributed by atoms with Crippen molar-refractivity contribution < 1.29 is 4.74 Å². The van der Waals surface area contributed by atoms with Gasteiger partial charge in [-0.15, -0.1) is 19.4 Å². The van der Waals surface area contributed by atoms with Crippen LogP contribution in [0.2, 0.25) is 0 Å². The van der Waals surface area contributed by atoms with Crippen molar-refractivity contribution in [3.8, 4) is 16.3 Å². The summed E-state index contributed by atoms with van der Waals surface area (Å²) in [4.78, 5) is 2.27. The lowest BCUT2D eigenvalue weighted by molar-refractivity contribution is 0.202. The molecule has 4 N–H and O–H groups in total. The van der Waals surface area contributed by atoms with Crippen LogP contribution in [0.15, 0.2) is 24.4 Å². The average molecular weight is 421 g/mol. The topological polar surface area (TPSA) is 93.5 Å². The third kappa shape index (κ3) is 4.30. The fourth-order valence-electron chi connectivity index (χ4n) is 3.61. The standard InChI is InChI=1S/C19H29N6OPS/c1-4-7-19(10-20)11-25(12-19)18-23-22-17(28-18)14-6-5-13(8-15(14)26-3)16(27)9-24(2)21/h5-6,8-9H,4,7,10-12,20-21,27H2,1-3H3/b16-9-. The first-order valence-corrected chi connectivity index (χ1v) is 10.7. The molecule has 2 heterocycles. The number of nitrogens with zero attached hydrogens (tertiary/aromatic N) is 4. The SMILES string of the molecule is CCCC1(CN)CN(c2nnc(-c3ccc(/C(P)=C/N(C)N)cc3OC)s2)C1. The lowest BCUT2D eigenvalue weighted by Gasteiger charge is -2.49. The summed E-state index contributed by atoms with van der Waals surface area (Å²) in [6, 6.07) is 6.04. The minimum atomic E-state index is 0.234. The summed E-state index contributed by atoms with van der Waals surface area (Å²) in [5.41, 5.74) is 8.19. The van der Waals surface area contributed by atoms with E-state index in [0.717, 1.165) is 64.8 Å². The smallest absolute Gasteiger partial charge is 0.208 e. The molecule has 152 valence electrons. The monoisotopic (exact) mass is 420 g/mol. The molecule has 0 amide bonds. The molecule has 1 atom stereocenters. The first-order chi connectivity index (χ1) is 13.4. The van der Waals surface area contributed by atoms with Gasteiger partial charge < -0.3 is 20.4 Å². The summed E-state index contributed by atoms with van der Waals surface area (Å²) in [5, 5.41) is 13.1. The number of benzene rings is 1. The number of rotatable bonds is 8. The zero-order chi connectivity index (χ0) is 20.3. The summed E-state index contributed by atoms with van der Waals surface area (Å²) in [6.07, 6.45) is 4.15. The third-order valence-corrected chi connectivity index (χ3v) is 6.56. The van der Waals surface area contributed by atoms with Gasteiger partial charge in [0.25, 0.3) is 0 Å². The second kappa shape index (κ2) is 8.74. The normalized spacial score (nSPS) is 16.1. The molecule has 1 aromatic heterocycles. The van der Waals surface area contributed by atoms with Crippen LogP contribution in [0.3, 0.4) is 0 Å². The Bertz CT molecular complexity index is 847. The predicted octanol–water partition coefficient (Wildman–Crippen LogP) is 2.76. The highest BCUT2D eigenvalue weighted by molar-refractivity contribution is 7.31. The van der Waals surface area contributed by atoms with Crippen molar-refractivity contribution in [1.82, 2.24) is 15.2 Å². The van der Waals surface area contributed by atoms with Gasteiger partial charge in [0.1, 0.15) is 5.75 Å². The molecule has 9 heteroatoms. The Balaban J connectivity index is 1.80. The molecule has 0 bridgehead atoms. The van der Waals surface area contributed by atoms with E-state index in [0.29, 0.717) is 0 Å². The van der Waals surface area contributed by atoms with Gasteiger partial charge in [0, 0.05) is 38.3 Å². The first kappa shape index (κ1) is 21.0. The van der Waals surface area contributed by atoms with Crippen molar-refractivity contribution in [2.24, 2.45) is 17.0 Å². The van der Waals surface area contributed by atoms with Crippen LogP contribution in [0.25, 0.3) is 15.9 Å². The van der Waals surface area contributed by atoms with E-state index in [-0.39, 0.29) is 5.41 Å².